The molecule has 9 heteroatoms. The summed E-state index contributed by atoms with van der Waals surface area (Å²) in [7, 11) is 1.51. The average molecular weight is 593 g/mol. The molecule has 0 amide bonds. The fourth-order valence-electron chi connectivity index (χ4n) is 5.03. The van der Waals surface area contributed by atoms with Crippen LogP contribution in [0, 0.1) is 0 Å². The van der Waals surface area contributed by atoms with Crippen molar-refractivity contribution < 1.29 is 44.0 Å². The minimum atomic E-state index is -1.10. The number of hydrogen-bond acceptors (Lipinski definition) is 6. The molecule has 6 rings (SSSR count). The number of hydrogen-bond donors (Lipinski definition) is 3. The summed E-state index contributed by atoms with van der Waals surface area (Å²) in [6.07, 6.45) is 0. The summed E-state index contributed by atoms with van der Waals surface area (Å²) in [6.45, 7) is 2.05. The average Bonchev–Trinajstić information content (AvgIpc) is 3.36. The maximum absolute atomic E-state index is 13.0. The van der Waals surface area contributed by atoms with Crippen LogP contribution in [0.2, 0.25) is 0 Å². The van der Waals surface area contributed by atoms with E-state index >= 15 is 0 Å². The van der Waals surface area contributed by atoms with Crippen LogP contribution in [0.15, 0.2) is 97.1 Å². The third kappa shape index (κ3) is 6.27. The van der Waals surface area contributed by atoms with E-state index in [4.69, 9.17) is 24.5 Å². The van der Waals surface area contributed by atoms with Crippen molar-refractivity contribution in [2.45, 2.75) is 6.92 Å². The molecule has 1 aliphatic rings. The zero-order valence-electron chi connectivity index (χ0n) is 23.8. The van der Waals surface area contributed by atoms with Crippen LogP contribution in [-0.2, 0) is 4.79 Å². The van der Waals surface area contributed by atoms with Crippen LogP contribution in [0.3, 0.4) is 0 Å². The van der Waals surface area contributed by atoms with Crippen molar-refractivity contribution >= 4 is 35.0 Å². The van der Waals surface area contributed by atoms with Crippen molar-refractivity contribution in [3.05, 3.63) is 119 Å². The van der Waals surface area contributed by atoms with Gasteiger partial charge < -0.3 is 24.8 Å². The van der Waals surface area contributed by atoms with Gasteiger partial charge in [-0.2, -0.15) is 0 Å². The lowest BCUT2D eigenvalue weighted by Gasteiger charge is -2.09. The van der Waals surface area contributed by atoms with E-state index in [-0.39, 0.29) is 28.9 Å². The molecule has 1 aliphatic carbocycles. The summed E-state index contributed by atoms with van der Waals surface area (Å²) in [5.74, 6) is -1.36. The number of benzene rings is 5. The van der Waals surface area contributed by atoms with Gasteiger partial charge in [-0.3, -0.25) is 9.59 Å². The lowest BCUT2D eigenvalue weighted by Crippen LogP contribution is -2.09. The Morgan fingerprint density at radius 3 is 1.89 bits per heavy atom. The lowest BCUT2D eigenvalue weighted by atomic mass is 9.94. The Bertz CT molecular complexity index is 1870. The normalized spacial score (nSPS) is 10.3. The fourth-order valence-corrected chi connectivity index (χ4v) is 5.03. The van der Waals surface area contributed by atoms with E-state index < -0.39 is 11.9 Å². The molecule has 0 heterocycles. The van der Waals surface area contributed by atoms with Crippen LogP contribution in [0.1, 0.15) is 43.6 Å². The first-order valence-electron chi connectivity index (χ1n) is 13.4. The number of fused-ring (bicyclic) bond motifs is 3. The Hall–Kier alpha value is -5.96. The first-order chi connectivity index (χ1) is 21.2. The zero-order chi connectivity index (χ0) is 31.8. The number of carbonyl (C=O) groups excluding carboxylic acids is 1. The number of carboxylic acid groups (broad SMARTS) is 3. The molecule has 0 atom stereocenters. The third-order valence-corrected chi connectivity index (χ3v) is 6.88. The Morgan fingerprint density at radius 1 is 0.682 bits per heavy atom. The number of methoxy groups -OCH3 is 1. The van der Waals surface area contributed by atoms with Crippen LogP contribution in [-0.4, -0.2) is 53.2 Å². The van der Waals surface area contributed by atoms with Crippen LogP contribution < -0.4 is 9.47 Å². The standard InChI is InChI=1S/C24H14O3.C10H12O4.CH2O2/c25-23(19-7-1-2-8-20(19)24(26)27)15-11-12-16-17-9-3-5-14-6-4-10-18(22(14)17)21(16)13-15;1-3-14-9-6-7(10(11)12)4-5-8(9)13-2;2-1-3/h1-13H,(H,26,27);4-6H,3H2,1-2H3,(H,11,12);1H,(H,2,3). The van der Waals surface area contributed by atoms with E-state index in [1.165, 1.54) is 41.6 Å². The van der Waals surface area contributed by atoms with E-state index in [0.717, 1.165) is 16.7 Å². The highest BCUT2D eigenvalue weighted by Crippen LogP contribution is 2.47. The van der Waals surface area contributed by atoms with Gasteiger partial charge in [0.25, 0.3) is 6.47 Å². The summed E-state index contributed by atoms with van der Waals surface area (Å²) in [4.78, 5) is 43.5. The predicted octanol–water partition coefficient (Wildman–Crippen LogP) is 6.91. The van der Waals surface area contributed by atoms with E-state index in [0.29, 0.717) is 23.7 Å². The largest absolute Gasteiger partial charge is 0.493 e. The molecule has 0 unspecified atom stereocenters. The summed E-state index contributed by atoms with van der Waals surface area (Å²) in [5.41, 5.74) is 5.31. The van der Waals surface area contributed by atoms with Gasteiger partial charge in [-0.25, -0.2) is 9.59 Å². The molecule has 0 spiro atoms. The number of carbonyl (C=O) groups is 4. The van der Waals surface area contributed by atoms with Gasteiger partial charge in [0.15, 0.2) is 17.3 Å². The van der Waals surface area contributed by atoms with Gasteiger partial charge in [-0.15, -0.1) is 0 Å². The monoisotopic (exact) mass is 592 g/mol. The highest BCUT2D eigenvalue weighted by Gasteiger charge is 2.24. The number of ether oxygens (including phenoxy) is 2. The Labute approximate surface area is 252 Å². The summed E-state index contributed by atoms with van der Waals surface area (Å²) in [5, 5.41) is 27.4. The van der Waals surface area contributed by atoms with Crippen LogP contribution >= 0.6 is 0 Å². The van der Waals surface area contributed by atoms with Crippen LogP contribution in [0.5, 0.6) is 11.5 Å². The third-order valence-electron chi connectivity index (χ3n) is 6.88. The second-order valence-corrected chi connectivity index (χ2v) is 9.36. The summed E-state index contributed by atoms with van der Waals surface area (Å²) >= 11 is 0. The minimum absolute atomic E-state index is 0.0217. The van der Waals surface area contributed by atoms with E-state index in [9.17, 15) is 19.5 Å². The molecule has 5 aromatic carbocycles. The highest BCUT2D eigenvalue weighted by molar-refractivity contribution is 6.18. The second kappa shape index (κ2) is 13.8. The van der Waals surface area contributed by atoms with Crippen molar-refractivity contribution in [2.75, 3.05) is 13.7 Å². The van der Waals surface area contributed by atoms with Crippen molar-refractivity contribution in [1.29, 1.82) is 0 Å². The highest BCUT2D eigenvalue weighted by atomic mass is 16.5. The SMILES string of the molecule is CCOc1cc(C(=O)O)ccc1OC.O=C(O)c1ccccc1C(=O)c1ccc2c(c1)-c1cccc3cccc-2c13.O=CO. The van der Waals surface area contributed by atoms with Crippen molar-refractivity contribution in [3.8, 4) is 33.8 Å². The van der Waals surface area contributed by atoms with Crippen molar-refractivity contribution in [1.82, 2.24) is 0 Å². The number of rotatable bonds is 7. The summed E-state index contributed by atoms with van der Waals surface area (Å²) < 4.78 is 10.2. The minimum Gasteiger partial charge on any atom is -0.493 e. The van der Waals surface area contributed by atoms with Gasteiger partial charge in [0, 0.05) is 11.1 Å². The molecule has 0 aliphatic heterocycles. The molecule has 0 radical (unpaired) electrons. The van der Waals surface area contributed by atoms with Gasteiger partial charge in [0.05, 0.1) is 24.8 Å². The molecular weight excluding hydrogens is 564 g/mol. The van der Waals surface area contributed by atoms with Gasteiger partial charge in [0.2, 0.25) is 0 Å². The number of carboxylic acids is 2. The van der Waals surface area contributed by atoms with Gasteiger partial charge >= 0.3 is 11.9 Å². The molecule has 0 bridgehead atoms. The molecule has 44 heavy (non-hydrogen) atoms. The second-order valence-electron chi connectivity index (χ2n) is 9.36. The van der Waals surface area contributed by atoms with Crippen LogP contribution in [0.25, 0.3) is 33.0 Å². The van der Waals surface area contributed by atoms with Crippen molar-refractivity contribution in [2.24, 2.45) is 0 Å². The van der Waals surface area contributed by atoms with E-state index in [1.807, 2.05) is 31.2 Å². The Kier molecular flexibility index (Phi) is 9.72. The molecule has 0 saturated carbocycles. The first-order valence-corrected chi connectivity index (χ1v) is 13.4. The quantitative estimate of drug-likeness (QED) is 0.133. The van der Waals surface area contributed by atoms with Gasteiger partial charge in [0.1, 0.15) is 0 Å². The lowest BCUT2D eigenvalue weighted by molar-refractivity contribution is -0.122. The smallest absolute Gasteiger partial charge is 0.336 e. The molecule has 0 saturated heterocycles. The maximum Gasteiger partial charge on any atom is 0.336 e. The van der Waals surface area contributed by atoms with E-state index in [2.05, 4.69) is 24.3 Å². The Balaban J connectivity index is 0.000000220. The molecule has 0 fully saturated rings. The topological polar surface area (TPSA) is 147 Å². The molecule has 5 aromatic rings. The molecule has 0 aromatic heterocycles. The predicted molar refractivity (Wildman–Crippen MR) is 165 cm³/mol. The van der Waals surface area contributed by atoms with Gasteiger partial charge in [-0.1, -0.05) is 66.7 Å². The first kappa shape index (κ1) is 31.0. The van der Waals surface area contributed by atoms with Crippen LogP contribution in [0.4, 0.5) is 0 Å². The molecule has 222 valence electrons. The van der Waals surface area contributed by atoms with Crippen molar-refractivity contribution in [3.63, 3.8) is 0 Å². The fraction of sp³-hybridized carbons (Fsp3) is 0.0857. The summed E-state index contributed by atoms with van der Waals surface area (Å²) in [6, 6.07) is 28.9. The molecule has 9 nitrogen and oxygen atoms in total. The maximum atomic E-state index is 13.0. The Morgan fingerprint density at radius 2 is 1.30 bits per heavy atom. The number of ketones is 1. The zero-order valence-corrected chi connectivity index (χ0v) is 23.8. The number of aromatic carboxylic acids is 2. The van der Waals surface area contributed by atoms with Gasteiger partial charge in [-0.05, 0) is 70.3 Å². The molecular formula is C35H28O9. The molecule has 3 N–H and O–H groups in total. The van der Waals surface area contributed by atoms with E-state index in [1.54, 1.807) is 30.3 Å².